The number of nitrogens with one attached hydrogen (secondary N) is 2. The Kier molecular flexibility index (Phi) is 28.6. The molecule has 0 bridgehead atoms. The molecule has 0 saturated carbocycles. The van der Waals surface area contributed by atoms with Crippen molar-refractivity contribution in [3.63, 3.8) is 0 Å². The molecule has 508 valence electrons. The second-order valence-electron chi connectivity index (χ2n) is 22.5. The van der Waals surface area contributed by atoms with E-state index in [1.165, 1.54) is 12.1 Å². The number of aliphatic hydroxyl groups excluding tert-OH is 1. The van der Waals surface area contributed by atoms with Crippen LogP contribution in [0.5, 0.6) is 11.5 Å². The molecular formula is C66H80Br2ClN11O10P2S3. The topological polar surface area (TPSA) is 280 Å². The van der Waals surface area contributed by atoms with Crippen molar-refractivity contribution in [2.24, 2.45) is 0 Å². The second kappa shape index (κ2) is 35.7. The van der Waals surface area contributed by atoms with E-state index in [1.54, 1.807) is 100 Å². The number of unbranched alkanes of at least 4 members (excludes halogenated alkanes) is 1. The number of nitrogens with zero attached hydrogens (tertiary/aromatic N) is 8. The minimum atomic E-state index is -4.02. The Morgan fingerprint density at radius 2 is 1.15 bits per heavy atom. The summed E-state index contributed by atoms with van der Waals surface area (Å²) in [7, 11) is -5.77. The van der Waals surface area contributed by atoms with Crippen LogP contribution >= 0.6 is 80.4 Å². The summed E-state index contributed by atoms with van der Waals surface area (Å²) in [4.78, 5) is 30.7. The zero-order chi connectivity index (χ0) is 69.0. The maximum Gasteiger partial charge on any atom is 0.294 e. The van der Waals surface area contributed by atoms with Crippen LogP contribution in [0.15, 0.2) is 134 Å². The van der Waals surface area contributed by atoms with E-state index in [9.17, 15) is 17.5 Å². The number of ether oxygens (including phenoxy) is 4. The molecule has 6 N–H and O–H groups in total. The molecule has 0 radical (unpaired) electrons. The van der Waals surface area contributed by atoms with E-state index in [1.807, 2.05) is 67.1 Å². The smallest absolute Gasteiger partial charge is 0.294 e. The summed E-state index contributed by atoms with van der Waals surface area (Å²) >= 11 is 15.9. The molecule has 2 saturated heterocycles. The molecule has 2 aliphatic rings. The summed E-state index contributed by atoms with van der Waals surface area (Å²) in [5.74, 6) is 3.48. The van der Waals surface area contributed by atoms with E-state index in [4.69, 9.17) is 50.9 Å². The number of halogens is 3. The van der Waals surface area contributed by atoms with Crippen LogP contribution in [0.2, 0.25) is 5.28 Å². The maximum absolute atomic E-state index is 13.3. The summed E-state index contributed by atoms with van der Waals surface area (Å²) in [6, 6.07) is 25.8. The molecule has 5 aromatic carbocycles. The highest BCUT2D eigenvalue weighted by atomic mass is 79.9. The minimum absolute atomic E-state index is 0.0666. The SMILES string of the molecule is CCCCO.COc1cc(Cc2ncc(Br)c(Nc3ccc(-c4nccs4)cc3P(C)(C)=O)n2)c(C)cc1N1CCOCC1.COc1cc(N)c(C)cc1N1CCOCC1.CP(C)(=O)c1cc(-c2nccs2)ccc1Nc1nc(Cl)ncc1Br.Cc1ccc(S(=O)(=O)O)cc1. The van der Waals surface area contributed by atoms with Gasteiger partial charge in [0.1, 0.15) is 53.3 Å². The molecule has 6 heterocycles. The molecular weight excluding hydrogens is 1460 g/mol. The van der Waals surface area contributed by atoms with Gasteiger partial charge in [0.25, 0.3) is 10.1 Å². The number of morpholine rings is 2. The number of thiazole rings is 2. The van der Waals surface area contributed by atoms with Crippen molar-refractivity contribution in [2.45, 2.75) is 51.9 Å². The first-order chi connectivity index (χ1) is 45.2. The van der Waals surface area contributed by atoms with Crippen LogP contribution in [0, 0.1) is 20.8 Å². The van der Waals surface area contributed by atoms with Gasteiger partial charge in [-0.25, -0.2) is 24.9 Å². The van der Waals surface area contributed by atoms with E-state index in [-0.39, 0.29) is 10.2 Å². The van der Waals surface area contributed by atoms with Crippen molar-refractivity contribution < 1.29 is 46.2 Å². The fourth-order valence-corrected chi connectivity index (χ4v) is 14.3. The number of hydrogen-bond donors (Lipinski definition) is 5. The second-order valence-corrected chi connectivity index (χ2v) is 34.1. The van der Waals surface area contributed by atoms with Gasteiger partial charge in [-0.2, -0.15) is 13.4 Å². The normalized spacial score (nSPS) is 13.1. The standard InChI is InChI=1S/C28H31BrN5O3PS.C15H13BrClN4OPS.C12H18N2O2.C7H8O3S.C4H10O/c1-18-13-23(34-8-10-37-11-9-34)24(36-2)14-20(18)16-26-31-17-21(29)27(33-26)32-22-6-5-19(28-30-7-12-39-28)15-25(22)38(3,4)35;1-23(2,22)12-7-9(14-18-5-6-24-14)3-4-11(12)20-13-10(16)8-19-15(17)21-13;1-9-7-11(12(15-2)8-10(9)13)14-3-5-16-6-4-14;1-6-2-4-7(5-3-6)11(8,9)10;1-2-3-4-5/h5-7,12-15,17H,8-11,16H2,1-4H3,(H,31,32,33);3-8H,1-2H3,(H,19,20,21);7-8H,3-6,13H2,1-2H3;2-5H,1H3,(H,8,9,10);5H,2-4H2,1H3. The van der Waals surface area contributed by atoms with Crippen molar-refractivity contribution >= 4 is 141 Å². The molecule has 95 heavy (non-hydrogen) atoms. The molecule has 21 nitrogen and oxygen atoms in total. The van der Waals surface area contributed by atoms with Crippen LogP contribution in [-0.4, -0.2) is 148 Å². The lowest BCUT2D eigenvalue weighted by atomic mass is 10.0. The lowest BCUT2D eigenvalue weighted by molar-refractivity contribution is 0.122. The first kappa shape index (κ1) is 76.0. The predicted molar refractivity (Wildman–Crippen MR) is 396 cm³/mol. The molecule has 0 spiro atoms. The predicted octanol–water partition coefficient (Wildman–Crippen LogP) is 14.5. The Balaban J connectivity index is 0.000000192. The average molecular weight is 1540 g/mol. The van der Waals surface area contributed by atoms with E-state index < -0.39 is 24.4 Å². The van der Waals surface area contributed by atoms with Crippen LogP contribution in [0.3, 0.4) is 0 Å². The van der Waals surface area contributed by atoms with Gasteiger partial charge in [0.2, 0.25) is 5.28 Å². The van der Waals surface area contributed by atoms with E-state index >= 15 is 0 Å². The van der Waals surface area contributed by atoms with Crippen LogP contribution in [0.25, 0.3) is 21.1 Å². The molecule has 4 aromatic heterocycles. The van der Waals surface area contributed by atoms with E-state index in [0.29, 0.717) is 48.2 Å². The molecule has 0 aliphatic carbocycles. The third kappa shape index (κ3) is 22.3. The number of aliphatic hydroxyl groups is 1. The zero-order valence-corrected chi connectivity index (χ0v) is 62.8. The molecule has 29 heteroatoms. The molecule has 0 unspecified atom stereocenters. The van der Waals surface area contributed by atoms with Gasteiger partial charge < -0.3 is 59.4 Å². The van der Waals surface area contributed by atoms with Crippen LogP contribution in [-0.2, 0) is 35.1 Å². The van der Waals surface area contributed by atoms with Gasteiger partial charge in [-0.05, 0) is 181 Å². The number of hydrogen-bond acceptors (Lipinski definition) is 22. The Labute approximate surface area is 586 Å². The highest BCUT2D eigenvalue weighted by Crippen LogP contribution is 2.43. The zero-order valence-electron chi connectivity index (χ0n) is 54.6. The monoisotopic (exact) mass is 1540 g/mol. The van der Waals surface area contributed by atoms with Gasteiger partial charge in [-0.15, -0.1) is 22.7 Å². The summed E-state index contributed by atoms with van der Waals surface area (Å²) < 4.78 is 79.0. The summed E-state index contributed by atoms with van der Waals surface area (Å²) in [5, 5.41) is 21.9. The largest absolute Gasteiger partial charge is 0.495 e. The number of nitrogens with two attached hydrogens (primary N) is 1. The number of anilines is 7. The Morgan fingerprint density at radius 1 is 0.674 bits per heavy atom. The third-order valence-corrected chi connectivity index (χ3v) is 21.5. The Morgan fingerprint density at radius 3 is 1.58 bits per heavy atom. The summed E-state index contributed by atoms with van der Waals surface area (Å²) in [6.07, 6.45) is 9.43. The van der Waals surface area contributed by atoms with Crippen molar-refractivity contribution in [2.75, 3.05) is 126 Å². The molecule has 2 aliphatic heterocycles. The van der Waals surface area contributed by atoms with E-state index in [2.05, 4.69) is 109 Å². The molecule has 11 rings (SSSR count). The number of rotatable bonds is 17. The third-order valence-electron chi connectivity index (χ3n) is 14.6. The quantitative estimate of drug-likeness (QED) is 0.0245. The number of nitrogen functional groups attached to an aromatic ring is 1. The fourth-order valence-electron chi connectivity index (χ4n) is 9.49. The van der Waals surface area contributed by atoms with Gasteiger partial charge in [-0.3, -0.25) is 4.55 Å². The van der Waals surface area contributed by atoms with Gasteiger partial charge in [0, 0.05) is 108 Å². The molecule has 0 amide bonds. The van der Waals surface area contributed by atoms with Crippen molar-refractivity contribution in [1.82, 2.24) is 29.9 Å². The number of aromatic nitrogens is 6. The van der Waals surface area contributed by atoms with Gasteiger partial charge in [0.05, 0.1) is 77.2 Å². The molecule has 0 atom stereocenters. The first-order valence-electron chi connectivity index (χ1n) is 30.1. The molecule has 2 fully saturated rings. The number of benzene rings is 5. The highest BCUT2D eigenvalue weighted by molar-refractivity contribution is 9.11. The number of aryl methyl sites for hydroxylation is 3. The van der Waals surface area contributed by atoms with Gasteiger partial charge >= 0.3 is 0 Å². The van der Waals surface area contributed by atoms with E-state index in [0.717, 1.165) is 151 Å². The summed E-state index contributed by atoms with van der Waals surface area (Å²) in [5.41, 5.74) is 16.5. The fraction of sp³-hybridized carbons (Fsp3) is 0.333. The van der Waals surface area contributed by atoms with Crippen LogP contribution in [0.4, 0.5) is 40.1 Å². The van der Waals surface area contributed by atoms with Gasteiger partial charge in [-0.1, -0.05) is 31.0 Å². The first-order valence-corrected chi connectivity index (χ1v) is 40.4. The lowest BCUT2D eigenvalue weighted by Crippen LogP contribution is -2.36. The average Bonchev–Trinajstić information content (AvgIpc) is 1.79. The lowest BCUT2D eigenvalue weighted by Gasteiger charge is -2.30. The van der Waals surface area contributed by atoms with Crippen molar-refractivity contribution in [1.29, 1.82) is 0 Å². The number of methoxy groups -OCH3 is 2. The Hall–Kier alpha value is -6.38. The minimum Gasteiger partial charge on any atom is -0.495 e. The van der Waals surface area contributed by atoms with Crippen molar-refractivity contribution in [3.8, 4) is 32.6 Å². The van der Waals surface area contributed by atoms with Crippen LogP contribution in [0.1, 0.15) is 47.8 Å². The van der Waals surface area contributed by atoms with Crippen LogP contribution < -0.4 is 46.2 Å². The maximum atomic E-state index is 13.3. The van der Waals surface area contributed by atoms with Crippen molar-refractivity contribution in [3.05, 3.63) is 163 Å². The Bertz CT molecular complexity index is 4200. The summed E-state index contributed by atoms with van der Waals surface area (Å²) in [6.45, 7) is 21.8. The molecule has 9 aromatic rings. The highest BCUT2D eigenvalue weighted by Gasteiger charge is 2.24. The van der Waals surface area contributed by atoms with Gasteiger partial charge in [0.15, 0.2) is 0 Å².